The van der Waals surface area contributed by atoms with Crippen molar-refractivity contribution in [1.29, 1.82) is 0 Å². The Morgan fingerprint density at radius 2 is 1.67 bits per heavy atom. The van der Waals surface area contributed by atoms with Gasteiger partial charge in [-0.2, -0.15) is 0 Å². The Morgan fingerprint density at radius 3 is 2.33 bits per heavy atom. The van der Waals surface area contributed by atoms with Crippen LogP contribution in [0.5, 0.6) is 0 Å². The quantitative estimate of drug-likeness (QED) is 0.430. The molecule has 0 bridgehead atoms. The molecule has 4 aliphatic carbocycles. The van der Waals surface area contributed by atoms with Crippen molar-refractivity contribution in [3.63, 3.8) is 0 Å². The van der Waals surface area contributed by atoms with Crippen molar-refractivity contribution in [2.75, 3.05) is 0 Å². The Labute approximate surface area is 186 Å². The minimum Gasteiger partial charge on any atom is -0.463 e. The Morgan fingerprint density at radius 1 is 0.967 bits per heavy atom. The van der Waals surface area contributed by atoms with Gasteiger partial charge in [-0.1, -0.05) is 53.9 Å². The second kappa shape index (κ2) is 8.43. The molecule has 0 aromatic carbocycles. The lowest BCUT2D eigenvalue weighted by molar-refractivity contribution is -0.170. The SMILES string of the molecule is CCC[C@@H](C)C1CCC2C3C[C@H](CC)C4C[C@H](OC(C)=O)CC[C@]4(C)C3CC[C@@]21C. The first-order valence-corrected chi connectivity index (χ1v) is 13.4. The van der Waals surface area contributed by atoms with Gasteiger partial charge in [-0.15, -0.1) is 0 Å². The van der Waals surface area contributed by atoms with E-state index in [0.717, 1.165) is 54.3 Å². The minimum atomic E-state index is -0.0861. The third kappa shape index (κ3) is 3.57. The minimum absolute atomic E-state index is 0.0861. The number of hydrogen-bond acceptors (Lipinski definition) is 2. The van der Waals surface area contributed by atoms with E-state index in [-0.39, 0.29) is 12.1 Å². The fourth-order valence-corrected chi connectivity index (χ4v) is 9.89. The van der Waals surface area contributed by atoms with Gasteiger partial charge in [0, 0.05) is 6.92 Å². The van der Waals surface area contributed by atoms with E-state index in [2.05, 4.69) is 34.6 Å². The van der Waals surface area contributed by atoms with E-state index in [4.69, 9.17) is 4.74 Å². The van der Waals surface area contributed by atoms with Gasteiger partial charge in [0.1, 0.15) is 6.10 Å². The molecule has 0 amide bonds. The second-order valence-corrected chi connectivity index (χ2v) is 12.4. The van der Waals surface area contributed by atoms with Crippen LogP contribution in [0.1, 0.15) is 112 Å². The van der Waals surface area contributed by atoms with E-state index in [9.17, 15) is 4.79 Å². The molecule has 4 rings (SSSR count). The summed E-state index contributed by atoms with van der Waals surface area (Å²) in [5, 5.41) is 0. The lowest BCUT2D eigenvalue weighted by atomic mass is 9.42. The van der Waals surface area contributed by atoms with Crippen molar-refractivity contribution in [3.8, 4) is 0 Å². The highest BCUT2D eigenvalue weighted by atomic mass is 16.5. The summed E-state index contributed by atoms with van der Waals surface area (Å²) >= 11 is 0. The largest absolute Gasteiger partial charge is 0.463 e. The van der Waals surface area contributed by atoms with Gasteiger partial charge < -0.3 is 4.74 Å². The summed E-state index contributed by atoms with van der Waals surface area (Å²) in [6.07, 6.45) is 15.0. The maximum Gasteiger partial charge on any atom is 0.302 e. The molecule has 0 spiro atoms. The van der Waals surface area contributed by atoms with Gasteiger partial charge in [0.2, 0.25) is 0 Å². The standard InChI is InChI=1S/C28H48O2/c1-7-9-18(3)23-10-11-24-22-16-20(8-2)26-17-21(30-19(4)29)12-14-28(26,6)25(22)13-15-27(23,24)5/h18,20-26H,7-17H2,1-6H3/t18-,20+,21-,22?,23?,24?,25?,26?,27-,28-/m1/s1. The molecule has 0 radical (unpaired) electrons. The van der Waals surface area contributed by atoms with Crippen LogP contribution in [-0.2, 0) is 9.53 Å². The Balaban J connectivity index is 1.57. The summed E-state index contributed by atoms with van der Waals surface area (Å²) < 4.78 is 5.72. The van der Waals surface area contributed by atoms with Gasteiger partial charge in [-0.3, -0.25) is 4.79 Å². The third-order valence-electron chi connectivity index (χ3n) is 11.2. The van der Waals surface area contributed by atoms with Crippen LogP contribution in [0.25, 0.3) is 0 Å². The van der Waals surface area contributed by atoms with Crippen molar-refractivity contribution in [2.45, 2.75) is 118 Å². The summed E-state index contributed by atoms with van der Waals surface area (Å²) in [5.74, 6) is 6.14. The maximum atomic E-state index is 11.6. The Bertz CT molecular complexity index is 628. The van der Waals surface area contributed by atoms with E-state index in [1.807, 2.05) is 0 Å². The van der Waals surface area contributed by atoms with Gasteiger partial charge in [0.25, 0.3) is 0 Å². The number of ether oxygens (including phenoxy) is 1. The molecular weight excluding hydrogens is 368 g/mol. The summed E-state index contributed by atoms with van der Waals surface area (Å²) in [4.78, 5) is 11.6. The molecule has 172 valence electrons. The zero-order valence-electron chi connectivity index (χ0n) is 20.7. The average Bonchev–Trinajstić information content (AvgIpc) is 3.05. The molecule has 0 aromatic rings. The average molecular weight is 417 g/mol. The maximum absolute atomic E-state index is 11.6. The van der Waals surface area contributed by atoms with Crippen LogP contribution in [-0.4, -0.2) is 12.1 Å². The van der Waals surface area contributed by atoms with Gasteiger partial charge in [0.15, 0.2) is 0 Å². The number of carbonyl (C=O) groups is 1. The first-order chi connectivity index (χ1) is 14.2. The normalized spacial score (nSPS) is 48.9. The van der Waals surface area contributed by atoms with Crippen molar-refractivity contribution < 1.29 is 9.53 Å². The van der Waals surface area contributed by atoms with Crippen LogP contribution in [0.2, 0.25) is 0 Å². The topological polar surface area (TPSA) is 26.3 Å². The Hall–Kier alpha value is -0.530. The lowest BCUT2D eigenvalue weighted by Gasteiger charge is -2.63. The molecule has 4 saturated carbocycles. The molecule has 0 aliphatic heterocycles. The van der Waals surface area contributed by atoms with E-state index >= 15 is 0 Å². The monoisotopic (exact) mass is 416 g/mol. The van der Waals surface area contributed by atoms with Gasteiger partial charge in [0.05, 0.1) is 0 Å². The molecule has 0 saturated heterocycles. The molecular formula is C28H48O2. The highest BCUT2D eigenvalue weighted by molar-refractivity contribution is 5.66. The highest BCUT2D eigenvalue weighted by Crippen LogP contribution is 2.69. The molecule has 4 fully saturated rings. The summed E-state index contributed by atoms with van der Waals surface area (Å²) in [6.45, 7) is 14.3. The molecule has 10 atom stereocenters. The molecule has 0 aromatic heterocycles. The van der Waals surface area contributed by atoms with E-state index in [1.165, 1.54) is 57.8 Å². The van der Waals surface area contributed by atoms with Crippen LogP contribution in [0.3, 0.4) is 0 Å². The summed E-state index contributed by atoms with van der Waals surface area (Å²) in [7, 11) is 0. The first kappa shape index (κ1) is 22.7. The smallest absolute Gasteiger partial charge is 0.302 e. The molecule has 4 aliphatic rings. The number of rotatable bonds is 5. The Kier molecular flexibility index (Phi) is 6.37. The molecule has 0 heterocycles. The lowest BCUT2D eigenvalue weighted by Crippen LogP contribution is -2.57. The summed E-state index contributed by atoms with van der Waals surface area (Å²) in [5.41, 5.74) is 1.06. The van der Waals surface area contributed by atoms with Crippen molar-refractivity contribution in [3.05, 3.63) is 0 Å². The van der Waals surface area contributed by atoms with E-state index < -0.39 is 0 Å². The number of fused-ring (bicyclic) bond motifs is 5. The molecule has 0 N–H and O–H groups in total. The molecule has 5 unspecified atom stereocenters. The van der Waals surface area contributed by atoms with Gasteiger partial charge in [-0.25, -0.2) is 0 Å². The molecule has 2 heteroatoms. The van der Waals surface area contributed by atoms with Crippen molar-refractivity contribution in [1.82, 2.24) is 0 Å². The van der Waals surface area contributed by atoms with Gasteiger partial charge in [-0.05, 0) is 104 Å². The van der Waals surface area contributed by atoms with Crippen LogP contribution >= 0.6 is 0 Å². The van der Waals surface area contributed by atoms with Crippen molar-refractivity contribution >= 4 is 5.97 Å². The fraction of sp³-hybridized carbons (Fsp3) is 0.964. The van der Waals surface area contributed by atoms with Gasteiger partial charge >= 0.3 is 5.97 Å². The number of esters is 1. The second-order valence-electron chi connectivity index (χ2n) is 12.4. The van der Waals surface area contributed by atoms with Crippen LogP contribution < -0.4 is 0 Å². The predicted molar refractivity (Wildman–Crippen MR) is 124 cm³/mol. The molecule has 2 nitrogen and oxygen atoms in total. The van der Waals surface area contributed by atoms with E-state index in [0.29, 0.717) is 10.8 Å². The van der Waals surface area contributed by atoms with Crippen molar-refractivity contribution in [2.24, 2.45) is 52.3 Å². The summed E-state index contributed by atoms with van der Waals surface area (Å²) in [6, 6.07) is 0. The fourth-order valence-electron chi connectivity index (χ4n) is 9.89. The van der Waals surface area contributed by atoms with E-state index in [1.54, 1.807) is 6.92 Å². The number of hydrogen-bond donors (Lipinski definition) is 0. The molecule has 30 heavy (non-hydrogen) atoms. The predicted octanol–water partition coefficient (Wildman–Crippen LogP) is 7.65. The zero-order valence-corrected chi connectivity index (χ0v) is 20.7. The van der Waals surface area contributed by atoms with Crippen LogP contribution in [0.15, 0.2) is 0 Å². The first-order valence-electron chi connectivity index (χ1n) is 13.4. The van der Waals surface area contributed by atoms with Crippen LogP contribution in [0, 0.1) is 52.3 Å². The van der Waals surface area contributed by atoms with Crippen LogP contribution in [0.4, 0.5) is 0 Å². The number of carbonyl (C=O) groups excluding carboxylic acids is 1. The zero-order chi connectivity index (χ0) is 21.7. The third-order valence-corrected chi connectivity index (χ3v) is 11.2. The highest BCUT2D eigenvalue weighted by Gasteiger charge is 2.62.